The molecule has 0 amide bonds. The van der Waals surface area contributed by atoms with Gasteiger partial charge in [-0.05, 0) is 49.9 Å². The van der Waals surface area contributed by atoms with Gasteiger partial charge in [-0.15, -0.1) is 0 Å². The zero-order valence-corrected chi connectivity index (χ0v) is 11.0. The third-order valence-electron chi connectivity index (χ3n) is 3.57. The first kappa shape index (κ1) is 13.3. The SMILES string of the molecule is CN(C)c1cc(F)c(F)cc1CC1CCNCC1. The first-order valence-corrected chi connectivity index (χ1v) is 6.44. The second-order valence-electron chi connectivity index (χ2n) is 5.19. The number of piperidine rings is 1. The number of nitrogens with one attached hydrogen (secondary N) is 1. The smallest absolute Gasteiger partial charge is 0.160 e. The Bertz CT molecular complexity index is 413. The molecule has 1 N–H and O–H groups in total. The monoisotopic (exact) mass is 254 g/mol. The van der Waals surface area contributed by atoms with Gasteiger partial charge >= 0.3 is 0 Å². The summed E-state index contributed by atoms with van der Waals surface area (Å²) in [5, 5.41) is 3.31. The van der Waals surface area contributed by atoms with Crippen LogP contribution < -0.4 is 10.2 Å². The quantitative estimate of drug-likeness (QED) is 0.892. The van der Waals surface area contributed by atoms with Crippen molar-refractivity contribution in [3.8, 4) is 0 Å². The number of rotatable bonds is 3. The number of benzene rings is 1. The minimum Gasteiger partial charge on any atom is -0.377 e. The van der Waals surface area contributed by atoms with Crippen molar-refractivity contribution in [3.63, 3.8) is 0 Å². The fraction of sp³-hybridized carbons (Fsp3) is 0.571. The van der Waals surface area contributed by atoms with Gasteiger partial charge in [0.2, 0.25) is 0 Å². The minimum absolute atomic E-state index is 0.565. The summed E-state index contributed by atoms with van der Waals surface area (Å²) in [6.45, 7) is 2.04. The molecule has 1 aliphatic rings. The van der Waals surface area contributed by atoms with E-state index >= 15 is 0 Å². The van der Waals surface area contributed by atoms with Crippen LogP contribution in [0.4, 0.5) is 14.5 Å². The van der Waals surface area contributed by atoms with Crippen LogP contribution >= 0.6 is 0 Å². The van der Waals surface area contributed by atoms with E-state index in [4.69, 9.17) is 0 Å². The second-order valence-corrected chi connectivity index (χ2v) is 5.19. The molecule has 1 saturated heterocycles. The largest absolute Gasteiger partial charge is 0.377 e. The first-order chi connectivity index (χ1) is 8.58. The van der Waals surface area contributed by atoms with Crippen LogP contribution in [0.15, 0.2) is 12.1 Å². The highest BCUT2D eigenvalue weighted by Crippen LogP contribution is 2.27. The normalized spacial score (nSPS) is 16.9. The summed E-state index contributed by atoms with van der Waals surface area (Å²) in [6, 6.07) is 2.65. The second kappa shape index (κ2) is 5.65. The molecule has 4 heteroatoms. The summed E-state index contributed by atoms with van der Waals surface area (Å²) in [6.07, 6.45) is 3.03. The summed E-state index contributed by atoms with van der Waals surface area (Å²) in [5.41, 5.74) is 1.69. The van der Waals surface area contributed by atoms with E-state index in [-0.39, 0.29) is 0 Å². The molecule has 18 heavy (non-hydrogen) atoms. The van der Waals surface area contributed by atoms with Gasteiger partial charge in [0.1, 0.15) is 0 Å². The lowest BCUT2D eigenvalue weighted by Gasteiger charge is -2.25. The number of hydrogen-bond donors (Lipinski definition) is 1. The molecule has 2 nitrogen and oxygen atoms in total. The Balaban J connectivity index is 2.21. The molecular weight excluding hydrogens is 234 g/mol. The summed E-state index contributed by atoms with van der Waals surface area (Å²) >= 11 is 0. The lowest BCUT2D eigenvalue weighted by atomic mass is 9.90. The molecule has 100 valence electrons. The predicted molar refractivity (Wildman–Crippen MR) is 70.0 cm³/mol. The Morgan fingerprint density at radius 2 is 1.78 bits per heavy atom. The third kappa shape index (κ3) is 2.99. The average Bonchev–Trinajstić information content (AvgIpc) is 2.34. The van der Waals surface area contributed by atoms with E-state index in [1.54, 1.807) is 0 Å². The van der Waals surface area contributed by atoms with Crippen molar-refractivity contribution in [2.75, 3.05) is 32.1 Å². The molecule has 1 fully saturated rings. The van der Waals surface area contributed by atoms with Crippen LogP contribution in [0.1, 0.15) is 18.4 Å². The molecule has 0 spiro atoms. The fourth-order valence-corrected chi connectivity index (χ4v) is 2.55. The molecular formula is C14H20F2N2. The van der Waals surface area contributed by atoms with Crippen LogP contribution in [0.25, 0.3) is 0 Å². The summed E-state index contributed by atoms with van der Waals surface area (Å²) in [5.74, 6) is -0.952. The van der Waals surface area contributed by atoms with Gasteiger partial charge < -0.3 is 10.2 Å². The molecule has 0 aliphatic carbocycles. The van der Waals surface area contributed by atoms with E-state index in [0.29, 0.717) is 5.92 Å². The molecule has 0 atom stereocenters. The van der Waals surface area contributed by atoms with Gasteiger partial charge in [0.15, 0.2) is 11.6 Å². The topological polar surface area (TPSA) is 15.3 Å². The first-order valence-electron chi connectivity index (χ1n) is 6.44. The van der Waals surface area contributed by atoms with Crippen molar-refractivity contribution < 1.29 is 8.78 Å². The van der Waals surface area contributed by atoms with Crippen LogP contribution in [-0.4, -0.2) is 27.2 Å². The number of hydrogen-bond acceptors (Lipinski definition) is 2. The summed E-state index contributed by atoms with van der Waals surface area (Å²) in [4.78, 5) is 1.85. The molecule has 0 saturated carbocycles. The van der Waals surface area contributed by atoms with Crippen LogP contribution in [0.3, 0.4) is 0 Å². The van der Waals surface area contributed by atoms with Gasteiger partial charge in [0.05, 0.1) is 0 Å². The van der Waals surface area contributed by atoms with E-state index in [9.17, 15) is 8.78 Å². The molecule has 0 aromatic heterocycles. The maximum atomic E-state index is 13.4. The highest BCUT2D eigenvalue weighted by Gasteiger charge is 2.18. The minimum atomic E-state index is -0.771. The zero-order valence-electron chi connectivity index (χ0n) is 11.0. The number of halogens is 2. The van der Waals surface area contributed by atoms with Crippen LogP contribution in [-0.2, 0) is 6.42 Å². The van der Waals surface area contributed by atoms with Crippen molar-refractivity contribution in [1.82, 2.24) is 5.32 Å². The Morgan fingerprint density at radius 1 is 1.17 bits per heavy atom. The van der Waals surface area contributed by atoms with E-state index in [1.165, 1.54) is 12.1 Å². The van der Waals surface area contributed by atoms with E-state index in [2.05, 4.69) is 5.32 Å². The number of nitrogens with zero attached hydrogens (tertiary/aromatic N) is 1. The highest BCUT2D eigenvalue weighted by molar-refractivity contribution is 5.53. The van der Waals surface area contributed by atoms with Gasteiger partial charge in [-0.25, -0.2) is 8.78 Å². The molecule has 1 aliphatic heterocycles. The maximum absolute atomic E-state index is 13.4. The van der Waals surface area contributed by atoms with Gasteiger partial charge in [0, 0.05) is 25.8 Å². The summed E-state index contributed by atoms with van der Waals surface area (Å²) in [7, 11) is 3.72. The van der Waals surface area contributed by atoms with Crippen molar-refractivity contribution in [2.45, 2.75) is 19.3 Å². The van der Waals surface area contributed by atoms with Crippen molar-refractivity contribution in [3.05, 3.63) is 29.3 Å². The fourth-order valence-electron chi connectivity index (χ4n) is 2.55. The average molecular weight is 254 g/mol. The lowest BCUT2D eigenvalue weighted by Crippen LogP contribution is -2.29. The van der Waals surface area contributed by atoms with Crippen LogP contribution in [0, 0.1) is 17.6 Å². The molecule has 2 rings (SSSR count). The zero-order chi connectivity index (χ0) is 13.1. The standard InChI is InChI=1S/C14H20F2N2/c1-18(2)14-9-13(16)12(15)8-11(14)7-10-3-5-17-6-4-10/h8-10,17H,3-7H2,1-2H3. The van der Waals surface area contributed by atoms with Crippen molar-refractivity contribution in [2.24, 2.45) is 5.92 Å². The summed E-state index contributed by atoms with van der Waals surface area (Å²) < 4.78 is 26.7. The predicted octanol–water partition coefficient (Wildman–Crippen LogP) is 2.57. The molecule has 1 heterocycles. The van der Waals surface area contributed by atoms with Gasteiger partial charge in [-0.3, -0.25) is 0 Å². The molecule has 0 radical (unpaired) electrons. The van der Waals surface area contributed by atoms with E-state index < -0.39 is 11.6 Å². The highest BCUT2D eigenvalue weighted by atomic mass is 19.2. The van der Waals surface area contributed by atoms with E-state index in [0.717, 1.165) is 43.6 Å². The van der Waals surface area contributed by atoms with Crippen LogP contribution in [0.5, 0.6) is 0 Å². The molecule has 0 unspecified atom stereocenters. The molecule has 0 bridgehead atoms. The van der Waals surface area contributed by atoms with Gasteiger partial charge in [-0.2, -0.15) is 0 Å². The van der Waals surface area contributed by atoms with Crippen molar-refractivity contribution >= 4 is 5.69 Å². The third-order valence-corrected chi connectivity index (χ3v) is 3.57. The van der Waals surface area contributed by atoms with E-state index in [1.807, 2.05) is 19.0 Å². The number of anilines is 1. The molecule has 1 aromatic carbocycles. The van der Waals surface area contributed by atoms with Crippen molar-refractivity contribution in [1.29, 1.82) is 0 Å². The van der Waals surface area contributed by atoms with Crippen LogP contribution in [0.2, 0.25) is 0 Å². The van der Waals surface area contributed by atoms with Gasteiger partial charge in [0.25, 0.3) is 0 Å². The Labute approximate surface area is 107 Å². The van der Waals surface area contributed by atoms with Gasteiger partial charge in [-0.1, -0.05) is 0 Å². The lowest BCUT2D eigenvalue weighted by molar-refractivity contribution is 0.372. The Hall–Kier alpha value is -1.16. The maximum Gasteiger partial charge on any atom is 0.160 e. The molecule has 1 aromatic rings. The Kier molecular flexibility index (Phi) is 4.17. The Morgan fingerprint density at radius 3 is 2.39 bits per heavy atom.